The number of piperazine rings is 1. The fraction of sp³-hybridized carbons (Fsp3) is 0.706. The Labute approximate surface area is 147 Å². The molecule has 1 amide bonds. The zero-order valence-corrected chi connectivity index (χ0v) is 14.5. The predicted molar refractivity (Wildman–Crippen MR) is 92.8 cm³/mol. The molecular formula is C17H25N5O3. The molecule has 1 unspecified atom stereocenters. The highest BCUT2D eigenvalue weighted by Gasteiger charge is 2.30. The number of hydrogen-bond acceptors (Lipinski definition) is 7. The summed E-state index contributed by atoms with van der Waals surface area (Å²) in [5.74, 6) is 1.03. The van der Waals surface area contributed by atoms with E-state index in [1.165, 1.54) is 0 Å². The number of anilines is 2. The maximum Gasteiger partial charge on any atom is 0.251 e. The zero-order chi connectivity index (χ0) is 17.1. The van der Waals surface area contributed by atoms with Gasteiger partial charge in [-0.3, -0.25) is 4.79 Å². The molecule has 1 aromatic rings. The van der Waals surface area contributed by atoms with E-state index in [1.807, 2.05) is 11.1 Å². The standard InChI is InChI=1S/C17H25N5O3/c23-17(15-2-1-9-25-15)22-5-3-21(4-6-22)16-12-14(13-18-19-16)20-7-10-24-11-8-20/h12-13,15H,1-11H2. The highest BCUT2D eigenvalue weighted by molar-refractivity contribution is 5.81. The first-order chi connectivity index (χ1) is 12.3. The molecule has 3 aliphatic heterocycles. The summed E-state index contributed by atoms with van der Waals surface area (Å²) in [4.78, 5) is 18.8. The van der Waals surface area contributed by atoms with Gasteiger partial charge in [0, 0.05) is 51.9 Å². The summed E-state index contributed by atoms with van der Waals surface area (Å²) in [5, 5.41) is 8.47. The molecule has 0 spiro atoms. The lowest BCUT2D eigenvalue weighted by atomic mass is 10.2. The first kappa shape index (κ1) is 16.5. The molecular weight excluding hydrogens is 322 g/mol. The van der Waals surface area contributed by atoms with Gasteiger partial charge in [0.1, 0.15) is 6.10 Å². The van der Waals surface area contributed by atoms with Crippen LogP contribution in [0.5, 0.6) is 0 Å². The summed E-state index contributed by atoms with van der Waals surface area (Å²) in [6, 6.07) is 2.09. The Hall–Kier alpha value is -1.93. The number of carbonyl (C=O) groups is 1. The van der Waals surface area contributed by atoms with Crippen LogP contribution < -0.4 is 9.80 Å². The molecule has 1 atom stereocenters. The molecule has 0 aromatic carbocycles. The van der Waals surface area contributed by atoms with Gasteiger partial charge >= 0.3 is 0 Å². The van der Waals surface area contributed by atoms with Gasteiger partial charge in [-0.1, -0.05) is 0 Å². The quantitative estimate of drug-likeness (QED) is 0.770. The Morgan fingerprint density at radius 1 is 1.04 bits per heavy atom. The molecule has 0 N–H and O–H groups in total. The third-order valence-corrected chi connectivity index (χ3v) is 5.12. The first-order valence-electron chi connectivity index (χ1n) is 9.12. The molecule has 25 heavy (non-hydrogen) atoms. The third kappa shape index (κ3) is 3.69. The van der Waals surface area contributed by atoms with Crippen molar-refractivity contribution in [3.05, 3.63) is 12.3 Å². The van der Waals surface area contributed by atoms with Crippen LogP contribution in [-0.4, -0.2) is 86.2 Å². The molecule has 3 saturated heterocycles. The Morgan fingerprint density at radius 2 is 1.84 bits per heavy atom. The molecule has 0 bridgehead atoms. The summed E-state index contributed by atoms with van der Waals surface area (Å²) < 4.78 is 10.9. The minimum absolute atomic E-state index is 0.144. The van der Waals surface area contributed by atoms with Crippen LogP contribution in [-0.2, 0) is 14.3 Å². The second kappa shape index (κ2) is 7.53. The highest BCUT2D eigenvalue weighted by atomic mass is 16.5. The van der Waals surface area contributed by atoms with E-state index in [9.17, 15) is 4.79 Å². The van der Waals surface area contributed by atoms with E-state index in [0.29, 0.717) is 19.7 Å². The van der Waals surface area contributed by atoms with Gasteiger partial charge in [0.05, 0.1) is 25.1 Å². The van der Waals surface area contributed by atoms with Crippen LogP contribution >= 0.6 is 0 Å². The molecule has 4 heterocycles. The van der Waals surface area contributed by atoms with E-state index in [2.05, 4.69) is 26.1 Å². The SMILES string of the molecule is O=C(C1CCCO1)N1CCN(c2cc(N3CCOCC3)cnn2)CC1. The van der Waals surface area contributed by atoms with Crippen LogP contribution in [0.4, 0.5) is 11.5 Å². The number of morpholine rings is 1. The van der Waals surface area contributed by atoms with Crippen molar-refractivity contribution >= 4 is 17.4 Å². The Kier molecular flexibility index (Phi) is 4.98. The summed E-state index contributed by atoms with van der Waals surface area (Å²) in [6.07, 6.45) is 3.43. The third-order valence-electron chi connectivity index (χ3n) is 5.12. The molecule has 8 nitrogen and oxygen atoms in total. The minimum atomic E-state index is -0.226. The van der Waals surface area contributed by atoms with E-state index < -0.39 is 0 Å². The van der Waals surface area contributed by atoms with Crippen molar-refractivity contribution in [1.29, 1.82) is 0 Å². The van der Waals surface area contributed by atoms with Crippen molar-refractivity contribution in [3.63, 3.8) is 0 Å². The number of ether oxygens (including phenoxy) is 2. The minimum Gasteiger partial charge on any atom is -0.378 e. The van der Waals surface area contributed by atoms with Crippen LogP contribution in [0.1, 0.15) is 12.8 Å². The zero-order valence-electron chi connectivity index (χ0n) is 14.5. The van der Waals surface area contributed by atoms with Crippen molar-refractivity contribution in [2.75, 3.05) is 68.9 Å². The molecule has 1 aromatic heterocycles. The molecule has 8 heteroatoms. The Balaban J connectivity index is 1.36. The van der Waals surface area contributed by atoms with Crippen molar-refractivity contribution in [1.82, 2.24) is 15.1 Å². The van der Waals surface area contributed by atoms with Gasteiger partial charge in [-0.15, -0.1) is 5.10 Å². The number of aromatic nitrogens is 2. The van der Waals surface area contributed by atoms with Gasteiger partial charge in [-0.05, 0) is 12.8 Å². The average molecular weight is 347 g/mol. The summed E-state index contributed by atoms with van der Waals surface area (Å²) >= 11 is 0. The van der Waals surface area contributed by atoms with Crippen molar-refractivity contribution < 1.29 is 14.3 Å². The van der Waals surface area contributed by atoms with E-state index in [0.717, 1.165) is 63.7 Å². The van der Waals surface area contributed by atoms with Crippen molar-refractivity contribution in [2.45, 2.75) is 18.9 Å². The molecule has 0 saturated carbocycles. The molecule has 0 aliphatic carbocycles. The molecule has 136 valence electrons. The van der Waals surface area contributed by atoms with Gasteiger partial charge in [-0.2, -0.15) is 5.10 Å². The number of hydrogen-bond donors (Lipinski definition) is 0. The molecule has 3 aliphatic rings. The van der Waals surface area contributed by atoms with Gasteiger partial charge in [0.15, 0.2) is 5.82 Å². The van der Waals surface area contributed by atoms with Gasteiger partial charge < -0.3 is 24.2 Å². The molecule has 0 radical (unpaired) electrons. The summed E-state index contributed by atoms with van der Waals surface area (Å²) in [6.45, 7) is 6.96. The van der Waals surface area contributed by atoms with E-state index in [4.69, 9.17) is 9.47 Å². The normalized spacial score (nSPS) is 24.6. The maximum absolute atomic E-state index is 12.4. The highest BCUT2D eigenvalue weighted by Crippen LogP contribution is 2.22. The number of carbonyl (C=O) groups excluding carboxylic acids is 1. The van der Waals surface area contributed by atoms with Gasteiger partial charge in [0.25, 0.3) is 5.91 Å². The van der Waals surface area contributed by atoms with E-state index >= 15 is 0 Å². The number of nitrogens with zero attached hydrogens (tertiary/aromatic N) is 5. The predicted octanol–water partition coefficient (Wildman–Crippen LogP) is 0.141. The van der Waals surface area contributed by atoms with Crippen molar-refractivity contribution in [2.24, 2.45) is 0 Å². The van der Waals surface area contributed by atoms with Crippen molar-refractivity contribution in [3.8, 4) is 0 Å². The molecule has 4 rings (SSSR count). The fourth-order valence-corrected chi connectivity index (χ4v) is 3.63. The maximum atomic E-state index is 12.4. The largest absolute Gasteiger partial charge is 0.378 e. The van der Waals surface area contributed by atoms with Crippen LogP contribution in [0.2, 0.25) is 0 Å². The van der Waals surface area contributed by atoms with E-state index in [-0.39, 0.29) is 12.0 Å². The summed E-state index contributed by atoms with van der Waals surface area (Å²) in [5.41, 5.74) is 1.09. The van der Waals surface area contributed by atoms with Crippen LogP contribution in [0.3, 0.4) is 0 Å². The number of rotatable bonds is 3. The molecule has 3 fully saturated rings. The lowest BCUT2D eigenvalue weighted by molar-refractivity contribution is -0.141. The van der Waals surface area contributed by atoms with Crippen LogP contribution in [0.25, 0.3) is 0 Å². The van der Waals surface area contributed by atoms with E-state index in [1.54, 1.807) is 0 Å². The Morgan fingerprint density at radius 3 is 2.56 bits per heavy atom. The lowest BCUT2D eigenvalue weighted by Gasteiger charge is -2.36. The topological polar surface area (TPSA) is 71.0 Å². The second-order valence-corrected chi connectivity index (χ2v) is 6.69. The first-order valence-corrected chi connectivity index (χ1v) is 9.12. The summed E-state index contributed by atoms with van der Waals surface area (Å²) in [7, 11) is 0. The smallest absolute Gasteiger partial charge is 0.251 e. The van der Waals surface area contributed by atoms with Gasteiger partial charge in [0.2, 0.25) is 0 Å². The number of amides is 1. The van der Waals surface area contributed by atoms with Gasteiger partial charge in [-0.25, -0.2) is 0 Å². The van der Waals surface area contributed by atoms with Crippen LogP contribution in [0.15, 0.2) is 12.3 Å². The Bertz CT molecular complexity index is 594. The second-order valence-electron chi connectivity index (χ2n) is 6.69. The monoisotopic (exact) mass is 347 g/mol. The van der Waals surface area contributed by atoms with Crippen LogP contribution in [0, 0.1) is 0 Å². The average Bonchev–Trinajstić information content (AvgIpc) is 3.23. The lowest BCUT2D eigenvalue weighted by Crippen LogP contribution is -2.51. The fourth-order valence-electron chi connectivity index (χ4n) is 3.63.